The SMILES string of the molecule is CC(=O)NC1=NN(C(C)=O)C(C2O[C@@H]3OC(C)(C)O[C@@H]3[C@H]3OC(C)(C)O[C@@H]23)S1. The first-order valence-electron chi connectivity index (χ1n) is 9.15. The summed E-state index contributed by atoms with van der Waals surface area (Å²) in [5, 5.41) is 7.95. The van der Waals surface area contributed by atoms with Crippen LogP contribution in [0.3, 0.4) is 0 Å². The van der Waals surface area contributed by atoms with Gasteiger partial charge in [-0.25, -0.2) is 5.01 Å². The third-order valence-corrected chi connectivity index (χ3v) is 5.87. The summed E-state index contributed by atoms with van der Waals surface area (Å²) < 4.78 is 30.4. The highest BCUT2D eigenvalue weighted by molar-refractivity contribution is 8.14. The van der Waals surface area contributed by atoms with E-state index in [0.29, 0.717) is 5.17 Å². The number of hydrogen-bond donors (Lipinski definition) is 1. The Bertz CT molecular complexity index is 728. The molecule has 4 aliphatic rings. The summed E-state index contributed by atoms with van der Waals surface area (Å²) in [5.74, 6) is -2.21. The Morgan fingerprint density at radius 2 is 1.54 bits per heavy atom. The van der Waals surface area contributed by atoms with Crippen LogP contribution < -0.4 is 5.32 Å². The Morgan fingerprint density at radius 3 is 2.14 bits per heavy atom. The van der Waals surface area contributed by atoms with E-state index in [0.717, 1.165) is 0 Å². The van der Waals surface area contributed by atoms with Crippen LogP contribution in [0, 0.1) is 0 Å². The van der Waals surface area contributed by atoms with E-state index in [1.807, 2.05) is 27.7 Å². The Hall–Kier alpha value is -1.24. The van der Waals surface area contributed by atoms with Crippen molar-refractivity contribution in [1.82, 2.24) is 10.3 Å². The number of thioether (sulfide) groups is 1. The second kappa shape index (κ2) is 6.64. The Morgan fingerprint density at radius 1 is 0.964 bits per heavy atom. The van der Waals surface area contributed by atoms with E-state index in [1.54, 1.807) is 0 Å². The van der Waals surface area contributed by atoms with E-state index in [4.69, 9.17) is 23.7 Å². The Balaban J connectivity index is 1.63. The van der Waals surface area contributed by atoms with Gasteiger partial charge in [-0.3, -0.25) is 9.59 Å². The summed E-state index contributed by atoms with van der Waals surface area (Å²) in [6, 6.07) is 0. The van der Waals surface area contributed by atoms with Crippen molar-refractivity contribution in [1.29, 1.82) is 0 Å². The van der Waals surface area contributed by atoms with Crippen molar-refractivity contribution in [2.45, 2.75) is 89.2 Å². The van der Waals surface area contributed by atoms with Crippen LogP contribution in [0.15, 0.2) is 5.10 Å². The van der Waals surface area contributed by atoms with Gasteiger partial charge in [0, 0.05) is 13.8 Å². The van der Waals surface area contributed by atoms with E-state index < -0.39 is 47.7 Å². The molecule has 2 unspecified atom stereocenters. The lowest BCUT2D eigenvalue weighted by atomic mass is 9.98. The van der Waals surface area contributed by atoms with Gasteiger partial charge in [0.25, 0.3) is 0 Å². The molecule has 2 amide bonds. The molecule has 156 valence electrons. The molecule has 0 aromatic heterocycles. The minimum absolute atomic E-state index is 0.270. The number of carbonyl (C=O) groups excluding carboxylic acids is 2. The monoisotopic (exact) mass is 415 g/mol. The zero-order valence-corrected chi connectivity index (χ0v) is 17.4. The molecule has 0 saturated carbocycles. The quantitative estimate of drug-likeness (QED) is 0.667. The first-order valence-corrected chi connectivity index (χ1v) is 10.0. The fraction of sp³-hybridized carbons (Fsp3) is 0.824. The summed E-state index contributed by atoms with van der Waals surface area (Å²) in [6.45, 7) is 10.1. The predicted molar refractivity (Wildman–Crippen MR) is 97.7 cm³/mol. The zero-order chi connectivity index (χ0) is 20.4. The number of carbonyl (C=O) groups is 2. The van der Waals surface area contributed by atoms with Gasteiger partial charge >= 0.3 is 0 Å². The van der Waals surface area contributed by atoms with E-state index >= 15 is 0 Å². The third-order valence-electron chi connectivity index (χ3n) is 4.75. The van der Waals surface area contributed by atoms with Gasteiger partial charge in [0.1, 0.15) is 29.8 Å². The van der Waals surface area contributed by atoms with Crippen molar-refractivity contribution in [3.05, 3.63) is 0 Å². The molecule has 0 aromatic rings. The molecule has 0 spiro atoms. The first kappa shape index (κ1) is 20.0. The highest BCUT2D eigenvalue weighted by Gasteiger charge is 2.63. The molecule has 11 heteroatoms. The number of amidine groups is 1. The number of nitrogens with zero attached hydrogens (tertiary/aromatic N) is 2. The molecule has 0 aliphatic carbocycles. The fourth-order valence-electron chi connectivity index (χ4n) is 3.88. The van der Waals surface area contributed by atoms with Crippen molar-refractivity contribution >= 4 is 28.7 Å². The summed E-state index contributed by atoms with van der Waals surface area (Å²) >= 11 is 1.23. The molecule has 0 radical (unpaired) electrons. The van der Waals surface area contributed by atoms with Crippen LogP contribution in [0.4, 0.5) is 0 Å². The highest BCUT2D eigenvalue weighted by atomic mass is 32.2. The topological polar surface area (TPSA) is 108 Å². The molecular weight excluding hydrogens is 390 g/mol. The molecule has 3 fully saturated rings. The molecule has 10 nitrogen and oxygen atoms in total. The van der Waals surface area contributed by atoms with E-state index in [9.17, 15) is 9.59 Å². The maximum absolute atomic E-state index is 12.2. The molecule has 0 aromatic carbocycles. The molecule has 4 rings (SSSR count). The lowest BCUT2D eigenvalue weighted by molar-refractivity contribution is -0.239. The second-order valence-electron chi connectivity index (χ2n) is 8.09. The molecule has 4 aliphatic heterocycles. The van der Waals surface area contributed by atoms with Gasteiger partial charge in [0.15, 0.2) is 23.0 Å². The van der Waals surface area contributed by atoms with Crippen LogP contribution >= 0.6 is 11.8 Å². The van der Waals surface area contributed by atoms with Crippen LogP contribution in [0.5, 0.6) is 0 Å². The number of hydrazone groups is 1. The van der Waals surface area contributed by atoms with Gasteiger partial charge in [-0.15, -0.1) is 5.10 Å². The van der Waals surface area contributed by atoms with Crippen molar-refractivity contribution in [2.75, 3.05) is 0 Å². The summed E-state index contributed by atoms with van der Waals surface area (Å²) in [6.07, 6.45) is -2.65. The molecule has 0 bridgehead atoms. The standard InChI is InChI=1S/C17H25N3O7S/c1-7(21)18-15-19-20(8(2)22)13(28-15)11-9-10(25-16(3,4)24-9)12-14(23-11)27-17(5,6)26-12/h9-14H,1-6H3,(H,18,19,21)/t9-,10+,11?,12-,13?,14-/m1/s1. The third kappa shape index (κ3) is 3.55. The van der Waals surface area contributed by atoms with Crippen LogP contribution in [0.25, 0.3) is 0 Å². The van der Waals surface area contributed by atoms with Crippen molar-refractivity contribution < 1.29 is 33.3 Å². The van der Waals surface area contributed by atoms with Crippen molar-refractivity contribution in [3.63, 3.8) is 0 Å². The summed E-state index contributed by atoms with van der Waals surface area (Å²) in [4.78, 5) is 23.6. The Labute approximate surface area is 167 Å². The van der Waals surface area contributed by atoms with Gasteiger partial charge in [-0.1, -0.05) is 11.8 Å². The maximum atomic E-state index is 12.2. The number of nitrogens with one attached hydrogen (secondary N) is 1. The molecule has 6 atom stereocenters. The first-order chi connectivity index (χ1) is 13.0. The summed E-state index contributed by atoms with van der Waals surface area (Å²) in [5.41, 5.74) is 0. The molecular formula is C17H25N3O7S. The van der Waals surface area contributed by atoms with E-state index in [-0.39, 0.29) is 11.8 Å². The normalized spacial score (nSPS) is 40.6. The van der Waals surface area contributed by atoms with E-state index in [1.165, 1.54) is 30.6 Å². The lowest BCUT2D eigenvalue weighted by Gasteiger charge is -2.40. The van der Waals surface area contributed by atoms with Gasteiger partial charge in [0.05, 0.1) is 0 Å². The fourth-order valence-corrected chi connectivity index (χ4v) is 5.09. The average molecular weight is 415 g/mol. The Kier molecular flexibility index (Phi) is 4.76. The van der Waals surface area contributed by atoms with Gasteiger partial charge in [-0.2, -0.15) is 0 Å². The second-order valence-corrected chi connectivity index (χ2v) is 9.20. The highest BCUT2D eigenvalue weighted by Crippen LogP contribution is 2.47. The van der Waals surface area contributed by atoms with Crippen molar-refractivity contribution in [2.24, 2.45) is 5.10 Å². The molecule has 4 heterocycles. The van der Waals surface area contributed by atoms with Crippen LogP contribution in [-0.4, -0.2) is 69.6 Å². The number of rotatable bonds is 1. The van der Waals surface area contributed by atoms with Crippen LogP contribution in [0.1, 0.15) is 41.5 Å². The van der Waals surface area contributed by atoms with Gasteiger partial charge < -0.3 is 29.0 Å². The minimum Gasteiger partial charge on any atom is -0.342 e. The summed E-state index contributed by atoms with van der Waals surface area (Å²) in [7, 11) is 0. The number of fused-ring (bicyclic) bond motifs is 3. The van der Waals surface area contributed by atoms with Gasteiger partial charge in [0.2, 0.25) is 11.8 Å². The molecule has 1 N–H and O–H groups in total. The maximum Gasteiger partial charge on any atom is 0.240 e. The van der Waals surface area contributed by atoms with E-state index in [2.05, 4.69) is 10.4 Å². The molecule has 3 saturated heterocycles. The lowest BCUT2D eigenvalue weighted by Crippen LogP contribution is -2.60. The molecule has 28 heavy (non-hydrogen) atoms. The van der Waals surface area contributed by atoms with Crippen molar-refractivity contribution in [3.8, 4) is 0 Å². The smallest absolute Gasteiger partial charge is 0.240 e. The predicted octanol–water partition coefficient (Wildman–Crippen LogP) is 0.711. The van der Waals surface area contributed by atoms with Crippen LogP contribution in [0.2, 0.25) is 0 Å². The average Bonchev–Trinajstić information content (AvgIpc) is 3.17. The minimum atomic E-state index is -0.840. The number of hydrogen-bond acceptors (Lipinski definition) is 9. The largest absolute Gasteiger partial charge is 0.342 e. The zero-order valence-electron chi connectivity index (χ0n) is 16.6. The van der Waals surface area contributed by atoms with Gasteiger partial charge in [-0.05, 0) is 27.7 Å². The number of amides is 2. The van der Waals surface area contributed by atoms with Crippen LogP contribution in [-0.2, 0) is 33.3 Å². The number of ether oxygens (including phenoxy) is 5.